The number of dihydropyridines is 1. The summed E-state index contributed by atoms with van der Waals surface area (Å²) in [6.07, 6.45) is 14.2. The molecule has 2 unspecified atom stereocenters. The molecular weight excluding hydrogens is 352 g/mol. The number of rotatable bonds is 4. The molecule has 2 atom stereocenters. The Bertz CT molecular complexity index is 1160. The molecule has 0 fully saturated rings. The molecule has 1 aromatic carbocycles. The molecule has 1 aliphatic heterocycles. The van der Waals surface area contributed by atoms with Gasteiger partial charge < -0.3 is 4.74 Å². The first kappa shape index (κ1) is 16.6. The van der Waals surface area contributed by atoms with E-state index in [1.165, 1.54) is 0 Å². The van der Waals surface area contributed by atoms with Gasteiger partial charge in [0.2, 0.25) is 5.65 Å². The lowest BCUT2D eigenvalue weighted by Crippen LogP contribution is -2.19. The molecule has 0 N–H and O–H groups in total. The summed E-state index contributed by atoms with van der Waals surface area (Å²) in [5.41, 5.74) is 4.04. The van der Waals surface area contributed by atoms with Gasteiger partial charge in [0.05, 0.1) is 31.6 Å². The molecule has 0 bridgehead atoms. The fourth-order valence-electron chi connectivity index (χ4n) is 3.46. The molecule has 28 heavy (non-hydrogen) atoms. The average molecular weight is 370 g/mol. The van der Waals surface area contributed by atoms with Crippen molar-refractivity contribution in [1.29, 1.82) is 0 Å². The molecule has 138 valence electrons. The van der Waals surface area contributed by atoms with E-state index in [1.54, 1.807) is 18.0 Å². The Morgan fingerprint density at radius 3 is 3.11 bits per heavy atom. The summed E-state index contributed by atoms with van der Waals surface area (Å²) >= 11 is 0. The molecule has 3 heterocycles. The van der Waals surface area contributed by atoms with E-state index in [1.807, 2.05) is 36.6 Å². The lowest BCUT2D eigenvalue weighted by atomic mass is 9.90. The number of aromatic nitrogens is 5. The number of methoxy groups -OCH3 is 1. The van der Waals surface area contributed by atoms with Crippen LogP contribution in [0.4, 0.5) is 0 Å². The second kappa shape index (κ2) is 6.84. The quantitative estimate of drug-likeness (QED) is 0.705. The Hall–Kier alpha value is -3.61. The minimum Gasteiger partial charge on any atom is -0.497 e. The number of hydrogen-bond donors (Lipinski definition) is 0. The van der Waals surface area contributed by atoms with Crippen LogP contribution in [0.1, 0.15) is 0 Å². The van der Waals surface area contributed by atoms with Crippen LogP contribution in [0, 0.1) is 5.92 Å². The lowest BCUT2D eigenvalue weighted by Gasteiger charge is -2.22. The van der Waals surface area contributed by atoms with Gasteiger partial charge in [-0.2, -0.15) is 0 Å². The molecule has 0 saturated carbocycles. The van der Waals surface area contributed by atoms with Gasteiger partial charge in [-0.15, -0.1) is 5.10 Å². The summed E-state index contributed by atoms with van der Waals surface area (Å²) in [7, 11) is 1.65. The maximum absolute atomic E-state index is 5.31. The zero-order valence-corrected chi connectivity index (χ0v) is 15.3. The number of hydrogen-bond acceptors (Lipinski definition) is 6. The van der Waals surface area contributed by atoms with Crippen molar-refractivity contribution in [3.05, 3.63) is 66.4 Å². The zero-order valence-electron chi connectivity index (χ0n) is 15.3. The Kier molecular flexibility index (Phi) is 4.05. The first-order valence-electron chi connectivity index (χ1n) is 9.10. The molecule has 0 saturated heterocycles. The monoisotopic (exact) mass is 370 g/mol. The number of fused-ring (bicyclic) bond motifs is 2. The summed E-state index contributed by atoms with van der Waals surface area (Å²) in [5.74, 6) is 1.07. The summed E-state index contributed by atoms with van der Waals surface area (Å²) in [5, 5.41) is 8.42. The van der Waals surface area contributed by atoms with Crippen molar-refractivity contribution in [3.63, 3.8) is 0 Å². The minimum absolute atomic E-state index is 0.195. The number of benzene rings is 1. The smallest absolute Gasteiger partial charge is 0.221 e. The Morgan fingerprint density at radius 1 is 1.21 bits per heavy atom. The highest BCUT2D eigenvalue weighted by Crippen LogP contribution is 2.25. The number of aliphatic imine (C=N–C) groups is 1. The SMILES string of the molecule is COc1cccc(-c2cnc3nnn(CC4=CC5C=CC=NC5C=C4)c3n2)c1. The highest BCUT2D eigenvalue weighted by molar-refractivity contribution is 5.73. The largest absolute Gasteiger partial charge is 0.497 e. The Labute approximate surface area is 161 Å². The lowest BCUT2D eigenvalue weighted by molar-refractivity contribution is 0.415. The van der Waals surface area contributed by atoms with E-state index < -0.39 is 0 Å². The van der Waals surface area contributed by atoms with Gasteiger partial charge in [0, 0.05) is 17.7 Å². The molecule has 1 aliphatic carbocycles. The third kappa shape index (κ3) is 3.00. The second-order valence-corrected chi connectivity index (χ2v) is 6.73. The molecular formula is C21H18N6O. The fourth-order valence-corrected chi connectivity index (χ4v) is 3.46. The van der Waals surface area contributed by atoms with Crippen molar-refractivity contribution in [1.82, 2.24) is 25.0 Å². The number of allylic oxidation sites excluding steroid dienone is 3. The van der Waals surface area contributed by atoms with E-state index >= 15 is 0 Å². The van der Waals surface area contributed by atoms with E-state index in [9.17, 15) is 0 Å². The molecule has 7 heteroatoms. The minimum atomic E-state index is 0.195. The summed E-state index contributed by atoms with van der Waals surface area (Å²) in [6, 6.07) is 7.95. The van der Waals surface area contributed by atoms with Crippen LogP contribution in [0.2, 0.25) is 0 Å². The number of ether oxygens (including phenoxy) is 1. The van der Waals surface area contributed by atoms with Gasteiger partial charge in [-0.1, -0.05) is 41.7 Å². The zero-order chi connectivity index (χ0) is 18.9. The van der Waals surface area contributed by atoms with Crippen LogP contribution < -0.4 is 4.74 Å². The van der Waals surface area contributed by atoms with Crippen molar-refractivity contribution in [2.75, 3.05) is 7.11 Å². The van der Waals surface area contributed by atoms with Crippen LogP contribution in [0.5, 0.6) is 5.75 Å². The summed E-state index contributed by atoms with van der Waals surface area (Å²) in [4.78, 5) is 13.7. The van der Waals surface area contributed by atoms with Crippen LogP contribution >= 0.6 is 0 Å². The molecule has 7 nitrogen and oxygen atoms in total. The standard InChI is InChI=1S/C21H18N6O/c1-28-17-6-2-4-16(11-17)19-12-23-20-21(24-19)27(26-25-20)13-14-7-8-18-15(10-14)5-3-9-22-18/h2-12,15,18H,13H2,1H3. The molecule has 0 radical (unpaired) electrons. The first-order chi connectivity index (χ1) is 13.8. The van der Waals surface area contributed by atoms with Gasteiger partial charge in [-0.3, -0.25) is 4.99 Å². The van der Waals surface area contributed by atoms with E-state index in [2.05, 4.69) is 44.6 Å². The highest BCUT2D eigenvalue weighted by atomic mass is 16.5. The van der Waals surface area contributed by atoms with Gasteiger partial charge in [-0.25, -0.2) is 14.6 Å². The third-order valence-electron chi connectivity index (χ3n) is 4.91. The van der Waals surface area contributed by atoms with Gasteiger partial charge in [0.15, 0.2) is 5.65 Å². The Morgan fingerprint density at radius 2 is 2.18 bits per heavy atom. The van der Waals surface area contributed by atoms with Crippen LogP contribution in [-0.4, -0.2) is 44.3 Å². The van der Waals surface area contributed by atoms with Gasteiger partial charge in [0.1, 0.15) is 5.75 Å². The molecule has 0 spiro atoms. The van der Waals surface area contributed by atoms with Crippen LogP contribution in [0.25, 0.3) is 22.6 Å². The molecule has 2 aliphatic rings. The van der Waals surface area contributed by atoms with Crippen LogP contribution in [0.3, 0.4) is 0 Å². The van der Waals surface area contributed by atoms with E-state index in [0.29, 0.717) is 23.8 Å². The van der Waals surface area contributed by atoms with Crippen molar-refractivity contribution in [2.24, 2.45) is 10.9 Å². The predicted molar refractivity (Wildman–Crippen MR) is 107 cm³/mol. The third-order valence-corrected chi connectivity index (χ3v) is 4.91. The van der Waals surface area contributed by atoms with Crippen molar-refractivity contribution < 1.29 is 4.74 Å². The van der Waals surface area contributed by atoms with E-state index in [-0.39, 0.29) is 6.04 Å². The topological polar surface area (TPSA) is 78.1 Å². The number of nitrogens with zero attached hydrogens (tertiary/aromatic N) is 6. The predicted octanol–water partition coefficient (Wildman–Crippen LogP) is 3.02. The van der Waals surface area contributed by atoms with E-state index in [4.69, 9.17) is 9.72 Å². The van der Waals surface area contributed by atoms with Gasteiger partial charge in [0.25, 0.3) is 0 Å². The van der Waals surface area contributed by atoms with Crippen molar-refractivity contribution in [3.8, 4) is 17.0 Å². The van der Waals surface area contributed by atoms with E-state index in [0.717, 1.165) is 22.6 Å². The summed E-state index contributed by atoms with van der Waals surface area (Å²) < 4.78 is 7.10. The van der Waals surface area contributed by atoms with Crippen molar-refractivity contribution in [2.45, 2.75) is 12.6 Å². The summed E-state index contributed by atoms with van der Waals surface area (Å²) in [6.45, 7) is 0.587. The Balaban J connectivity index is 1.47. The maximum Gasteiger partial charge on any atom is 0.221 e. The highest BCUT2D eigenvalue weighted by Gasteiger charge is 2.20. The maximum atomic E-state index is 5.31. The van der Waals surface area contributed by atoms with Crippen molar-refractivity contribution >= 4 is 17.5 Å². The normalized spacial score (nSPS) is 20.2. The molecule has 3 aromatic rings. The first-order valence-corrected chi connectivity index (χ1v) is 9.10. The second-order valence-electron chi connectivity index (χ2n) is 6.73. The van der Waals surface area contributed by atoms with Crippen LogP contribution in [-0.2, 0) is 6.54 Å². The fraction of sp³-hybridized carbons (Fsp3) is 0.190. The van der Waals surface area contributed by atoms with Crippen LogP contribution in [0.15, 0.2) is 71.4 Å². The van der Waals surface area contributed by atoms with Gasteiger partial charge in [-0.05, 0) is 23.8 Å². The molecule has 5 rings (SSSR count). The average Bonchev–Trinajstić information content (AvgIpc) is 3.15. The van der Waals surface area contributed by atoms with Gasteiger partial charge >= 0.3 is 0 Å². The molecule has 0 amide bonds. The molecule has 2 aromatic heterocycles.